The molecule has 0 heterocycles. The Labute approximate surface area is 72.5 Å². The van der Waals surface area contributed by atoms with Gasteiger partial charge in [-0.05, 0) is 35.4 Å². The van der Waals surface area contributed by atoms with E-state index in [2.05, 4.69) is 18.2 Å². The summed E-state index contributed by atoms with van der Waals surface area (Å²) in [6.07, 6.45) is 0. The monoisotopic (exact) mass is 151 g/mol. The molecule has 12 heavy (non-hydrogen) atoms. The molecule has 0 aromatic heterocycles. The molecule has 0 aliphatic rings. The molecule has 0 atom stereocenters. The Kier molecular flexibility index (Phi) is 1.91. The number of benzene rings is 2. The topological polar surface area (TPSA) is 0 Å². The molecule has 55 valence electrons. The van der Waals surface area contributed by atoms with E-state index in [-0.39, 0.29) is 0 Å². The Balaban J connectivity index is 2.46. The van der Waals surface area contributed by atoms with Crippen LogP contribution in [0.5, 0.6) is 0 Å². The third-order valence-corrected chi connectivity index (χ3v) is 1.69. The van der Waals surface area contributed by atoms with Gasteiger partial charge in [0.1, 0.15) is 0 Å². The van der Waals surface area contributed by atoms with Crippen LogP contribution in [-0.4, -0.2) is 0 Å². The maximum atomic E-state index is 3.12. The molecule has 0 nitrogen and oxygen atoms in total. The van der Waals surface area contributed by atoms with Gasteiger partial charge in [0.2, 0.25) is 0 Å². The Hall–Kier alpha value is -1.56. The van der Waals surface area contributed by atoms with Crippen LogP contribution in [0, 0.1) is 18.2 Å². The molecule has 0 heteroatoms. The van der Waals surface area contributed by atoms with Crippen molar-refractivity contribution in [2.45, 2.75) is 0 Å². The van der Waals surface area contributed by atoms with Gasteiger partial charge in [0.15, 0.2) is 0 Å². The highest BCUT2D eigenvalue weighted by Gasteiger charge is 1.92. The van der Waals surface area contributed by atoms with Crippen LogP contribution < -0.4 is 0 Å². The fourth-order valence-corrected chi connectivity index (χ4v) is 1.09. The maximum absolute atomic E-state index is 3.12. The van der Waals surface area contributed by atoms with Gasteiger partial charge in [-0.1, -0.05) is 36.4 Å². The summed E-state index contributed by atoms with van der Waals surface area (Å²) in [5, 5.41) is 0. The van der Waals surface area contributed by atoms with Gasteiger partial charge < -0.3 is 0 Å². The molecule has 0 bridgehead atoms. The molecule has 3 radical (unpaired) electrons. The first-order valence-electron chi connectivity index (χ1n) is 3.81. The lowest BCUT2D eigenvalue weighted by Gasteiger charge is -1.97. The first kappa shape index (κ1) is 7.11. The van der Waals surface area contributed by atoms with Crippen molar-refractivity contribution in [2.24, 2.45) is 0 Å². The summed E-state index contributed by atoms with van der Waals surface area (Å²) in [7, 11) is 0. The van der Waals surface area contributed by atoms with E-state index in [1.165, 1.54) is 5.56 Å². The van der Waals surface area contributed by atoms with Crippen molar-refractivity contribution in [1.29, 1.82) is 0 Å². The Morgan fingerprint density at radius 1 is 0.833 bits per heavy atom. The number of hydrogen-bond acceptors (Lipinski definition) is 0. The lowest BCUT2D eigenvalue weighted by molar-refractivity contribution is 1.60. The molecule has 2 aromatic rings. The summed E-state index contributed by atoms with van der Waals surface area (Å²) in [5.74, 6) is 0. The second-order valence-electron chi connectivity index (χ2n) is 2.49. The second-order valence-corrected chi connectivity index (χ2v) is 2.49. The Morgan fingerprint density at radius 3 is 2.25 bits per heavy atom. The first-order valence-corrected chi connectivity index (χ1v) is 3.81. The van der Waals surface area contributed by atoms with Crippen LogP contribution in [0.4, 0.5) is 0 Å². The summed E-state index contributed by atoms with van der Waals surface area (Å²) < 4.78 is 0. The summed E-state index contributed by atoms with van der Waals surface area (Å²) in [6, 6.07) is 22.6. The second kappa shape index (κ2) is 3.22. The minimum atomic E-state index is 1.10. The molecule has 2 rings (SSSR count). The third kappa shape index (κ3) is 1.37. The van der Waals surface area contributed by atoms with E-state index in [1.54, 1.807) is 6.07 Å². The van der Waals surface area contributed by atoms with Crippen LogP contribution >= 0.6 is 0 Å². The Morgan fingerprint density at radius 2 is 1.58 bits per heavy atom. The maximum Gasteiger partial charge on any atom is -0.00928 e. The van der Waals surface area contributed by atoms with Gasteiger partial charge in [0, 0.05) is 0 Å². The molecule has 0 N–H and O–H groups in total. The summed E-state index contributed by atoms with van der Waals surface area (Å²) in [5.41, 5.74) is 2.27. The van der Waals surface area contributed by atoms with Gasteiger partial charge >= 0.3 is 0 Å². The van der Waals surface area contributed by atoms with Crippen molar-refractivity contribution in [3.05, 3.63) is 60.7 Å². The number of hydrogen-bond donors (Lipinski definition) is 0. The molecular formula is C12H7. The fraction of sp³-hybridized carbons (Fsp3) is 0. The lowest BCUT2D eigenvalue weighted by atomic mass is 10.1. The average molecular weight is 151 g/mol. The van der Waals surface area contributed by atoms with Crippen molar-refractivity contribution in [3.63, 3.8) is 0 Å². The summed E-state index contributed by atoms with van der Waals surface area (Å²) >= 11 is 0. The number of rotatable bonds is 1. The van der Waals surface area contributed by atoms with Crippen molar-refractivity contribution < 1.29 is 0 Å². The third-order valence-electron chi connectivity index (χ3n) is 1.69. The van der Waals surface area contributed by atoms with Crippen LogP contribution in [0.25, 0.3) is 11.1 Å². The van der Waals surface area contributed by atoms with Crippen LogP contribution in [0.1, 0.15) is 0 Å². The van der Waals surface area contributed by atoms with Gasteiger partial charge in [-0.15, -0.1) is 0 Å². The van der Waals surface area contributed by atoms with Crippen molar-refractivity contribution >= 4 is 0 Å². The van der Waals surface area contributed by atoms with Crippen LogP contribution in [0.15, 0.2) is 42.5 Å². The van der Waals surface area contributed by atoms with E-state index < -0.39 is 0 Å². The Bertz CT molecular complexity index is 297. The highest BCUT2D eigenvalue weighted by molar-refractivity contribution is 5.61. The molecule has 0 saturated carbocycles. The lowest BCUT2D eigenvalue weighted by Crippen LogP contribution is -1.74. The van der Waals surface area contributed by atoms with Gasteiger partial charge in [-0.2, -0.15) is 0 Å². The molecule has 2 aromatic carbocycles. The van der Waals surface area contributed by atoms with Crippen molar-refractivity contribution in [1.82, 2.24) is 0 Å². The normalized spacial score (nSPS) is 9.67. The average Bonchev–Trinajstić information content (AvgIpc) is 2.21. The highest BCUT2D eigenvalue weighted by Crippen LogP contribution is 2.16. The molecule has 0 amide bonds. The molecule has 0 aliphatic heterocycles. The molecule has 0 fully saturated rings. The quantitative estimate of drug-likeness (QED) is 0.588. The van der Waals surface area contributed by atoms with E-state index in [9.17, 15) is 0 Å². The zero-order valence-corrected chi connectivity index (χ0v) is 6.54. The van der Waals surface area contributed by atoms with Crippen molar-refractivity contribution in [3.8, 4) is 11.1 Å². The van der Waals surface area contributed by atoms with E-state index in [1.807, 2.05) is 36.4 Å². The highest BCUT2D eigenvalue weighted by atomic mass is 14.0. The first-order chi connectivity index (χ1) is 5.97. The smallest absolute Gasteiger partial charge is 0.00928 e. The van der Waals surface area contributed by atoms with Crippen LogP contribution in [-0.2, 0) is 0 Å². The zero-order valence-electron chi connectivity index (χ0n) is 6.54. The molecule has 0 aliphatic carbocycles. The fourth-order valence-electron chi connectivity index (χ4n) is 1.09. The van der Waals surface area contributed by atoms with Gasteiger partial charge in [-0.25, -0.2) is 0 Å². The van der Waals surface area contributed by atoms with Gasteiger partial charge in [0.25, 0.3) is 0 Å². The zero-order chi connectivity index (χ0) is 8.23. The van der Waals surface area contributed by atoms with Crippen LogP contribution in [0.2, 0.25) is 0 Å². The predicted octanol–water partition coefficient (Wildman–Crippen LogP) is 2.75. The SMILES string of the molecule is [c]1c[c]c(-c2cc[c]cc2)cc1. The summed E-state index contributed by atoms with van der Waals surface area (Å²) in [6.45, 7) is 0. The standard InChI is InChI=1S/C12H7/c1-3-7-11(8-4-1)12-9-5-2-6-10-12/h3-9H. The molecule has 0 unspecified atom stereocenters. The van der Waals surface area contributed by atoms with E-state index in [0.29, 0.717) is 0 Å². The predicted molar refractivity (Wildman–Crippen MR) is 48.4 cm³/mol. The molecular weight excluding hydrogens is 144 g/mol. The van der Waals surface area contributed by atoms with Crippen LogP contribution in [0.3, 0.4) is 0 Å². The summed E-state index contributed by atoms with van der Waals surface area (Å²) in [4.78, 5) is 0. The van der Waals surface area contributed by atoms with Gasteiger partial charge in [-0.3, -0.25) is 0 Å². The van der Waals surface area contributed by atoms with E-state index >= 15 is 0 Å². The molecule has 0 saturated heterocycles. The van der Waals surface area contributed by atoms with Gasteiger partial charge in [0.05, 0.1) is 0 Å². The minimum Gasteiger partial charge on any atom is -0.0538 e. The van der Waals surface area contributed by atoms with E-state index in [4.69, 9.17) is 0 Å². The van der Waals surface area contributed by atoms with E-state index in [0.717, 1.165) is 5.56 Å². The molecule has 0 spiro atoms. The largest absolute Gasteiger partial charge is 0.0538 e. The van der Waals surface area contributed by atoms with Crippen molar-refractivity contribution in [2.75, 3.05) is 0 Å². The minimum absolute atomic E-state index is 1.10.